The van der Waals surface area contributed by atoms with Gasteiger partial charge in [-0.25, -0.2) is 14.4 Å². The number of aliphatic imine (C=N–C) groups is 1. The number of aromatic nitrogens is 3. The van der Waals surface area contributed by atoms with Crippen LogP contribution in [0.3, 0.4) is 0 Å². The summed E-state index contributed by atoms with van der Waals surface area (Å²) in [5.74, 6) is 0.413. The standard InChI is InChI=1S/C31H33FN6O2/c1-4-10-37(11-5-2)30(39)23-15-25-26(32)16-22(17-27(25)35-28(33)18-23)20-6-7-24-21(14-20)8-12-38(31(24)40)19-29-34-9-13-36(29)3/h6-9,12-17H,4-5,10-11,18-19H2,1-3H3,(H2,33,35). The summed E-state index contributed by atoms with van der Waals surface area (Å²) in [6, 6.07) is 10.5. The van der Waals surface area contributed by atoms with Gasteiger partial charge in [-0.05, 0) is 65.8 Å². The van der Waals surface area contributed by atoms with Crippen LogP contribution >= 0.6 is 0 Å². The van der Waals surface area contributed by atoms with E-state index in [-0.39, 0.29) is 29.3 Å². The second-order valence-electron chi connectivity index (χ2n) is 10.1. The zero-order valence-corrected chi connectivity index (χ0v) is 23.0. The highest BCUT2D eigenvalue weighted by molar-refractivity contribution is 6.05. The molecule has 0 bridgehead atoms. The molecule has 2 aromatic carbocycles. The average molecular weight is 541 g/mol. The molecule has 40 heavy (non-hydrogen) atoms. The van der Waals surface area contributed by atoms with Gasteiger partial charge in [0.1, 0.15) is 17.5 Å². The van der Waals surface area contributed by atoms with Crippen LogP contribution in [0.2, 0.25) is 0 Å². The van der Waals surface area contributed by atoms with Crippen molar-refractivity contribution in [1.82, 2.24) is 19.0 Å². The number of fused-ring (bicyclic) bond motifs is 2. The molecule has 2 aromatic heterocycles. The Morgan fingerprint density at radius 3 is 2.55 bits per heavy atom. The van der Waals surface area contributed by atoms with E-state index in [2.05, 4.69) is 9.98 Å². The van der Waals surface area contributed by atoms with Gasteiger partial charge in [0.05, 0.1) is 12.2 Å². The fraction of sp³-hybridized carbons (Fsp3) is 0.290. The quantitative estimate of drug-likeness (QED) is 0.340. The number of pyridine rings is 1. The first-order valence-corrected chi connectivity index (χ1v) is 13.5. The zero-order chi connectivity index (χ0) is 28.4. The first-order chi connectivity index (χ1) is 19.3. The molecule has 3 heterocycles. The predicted molar refractivity (Wildman–Crippen MR) is 157 cm³/mol. The lowest BCUT2D eigenvalue weighted by atomic mass is 9.98. The normalized spacial score (nSPS) is 13.0. The fourth-order valence-corrected chi connectivity index (χ4v) is 5.11. The molecule has 1 aliphatic heterocycles. The van der Waals surface area contributed by atoms with Crippen molar-refractivity contribution < 1.29 is 9.18 Å². The van der Waals surface area contributed by atoms with Gasteiger partial charge < -0.3 is 19.8 Å². The Hall–Kier alpha value is -4.53. The lowest BCUT2D eigenvalue weighted by Gasteiger charge is -2.22. The molecule has 0 spiro atoms. The van der Waals surface area contributed by atoms with Gasteiger partial charge in [-0.15, -0.1) is 0 Å². The van der Waals surface area contributed by atoms with E-state index in [9.17, 15) is 9.59 Å². The third kappa shape index (κ3) is 5.32. The molecule has 4 aromatic rings. The van der Waals surface area contributed by atoms with E-state index < -0.39 is 5.82 Å². The molecular formula is C31H33FN6O2. The highest BCUT2D eigenvalue weighted by atomic mass is 19.1. The zero-order valence-electron chi connectivity index (χ0n) is 23.0. The Morgan fingerprint density at radius 1 is 1.07 bits per heavy atom. The number of nitrogens with two attached hydrogens (primary N) is 1. The number of nitrogens with zero attached hydrogens (tertiary/aromatic N) is 5. The van der Waals surface area contributed by atoms with Crippen LogP contribution in [0.25, 0.3) is 28.0 Å². The number of halogens is 1. The summed E-state index contributed by atoms with van der Waals surface area (Å²) in [5.41, 5.74) is 8.48. The summed E-state index contributed by atoms with van der Waals surface area (Å²) in [7, 11) is 1.89. The van der Waals surface area contributed by atoms with Gasteiger partial charge in [0.2, 0.25) is 5.91 Å². The highest BCUT2D eigenvalue weighted by Crippen LogP contribution is 2.35. The van der Waals surface area contributed by atoms with Gasteiger partial charge >= 0.3 is 0 Å². The number of rotatable bonds is 8. The Balaban J connectivity index is 1.50. The second-order valence-corrected chi connectivity index (χ2v) is 10.1. The van der Waals surface area contributed by atoms with Crippen molar-refractivity contribution in [3.63, 3.8) is 0 Å². The molecule has 0 saturated heterocycles. The van der Waals surface area contributed by atoms with E-state index in [4.69, 9.17) is 5.73 Å². The van der Waals surface area contributed by atoms with Gasteiger partial charge in [0.15, 0.2) is 0 Å². The van der Waals surface area contributed by atoms with Crippen LogP contribution in [0, 0.1) is 5.82 Å². The van der Waals surface area contributed by atoms with E-state index in [0.717, 1.165) is 29.6 Å². The number of hydrogen-bond donors (Lipinski definition) is 1. The average Bonchev–Trinajstić information content (AvgIpc) is 3.25. The van der Waals surface area contributed by atoms with Crippen LogP contribution in [0.4, 0.5) is 10.1 Å². The minimum atomic E-state index is -0.487. The molecule has 0 radical (unpaired) electrons. The van der Waals surface area contributed by atoms with Crippen LogP contribution in [0.15, 0.2) is 70.3 Å². The molecule has 0 fully saturated rings. The largest absolute Gasteiger partial charge is 0.387 e. The topological polar surface area (TPSA) is 98.5 Å². The van der Waals surface area contributed by atoms with E-state index in [1.54, 1.807) is 46.1 Å². The third-order valence-electron chi connectivity index (χ3n) is 7.15. The van der Waals surface area contributed by atoms with Crippen LogP contribution in [-0.4, -0.2) is 43.9 Å². The Kier molecular flexibility index (Phi) is 7.64. The maximum atomic E-state index is 15.6. The Morgan fingerprint density at radius 2 is 1.85 bits per heavy atom. The lowest BCUT2D eigenvalue weighted by molar-refractivity contribution is -0.127. The van der Waals surface area contributed by atoms with Crippen LogP contribution < -0.4 is 11.3 Å². The van der Waals surface area contributed by atoms with Crippen molar-refractivity contribution in [2.24, 2.45) is 17.8 Å². The SMILES string of the molecule is CCCN(CCC)C(=O)C1=Cc2c(F)cc(-c3ccc4c(=O)n(Cc5nccn5C)ccc4c3)cc2N=C(N)C1. The van der Waals surface area contributed by atoms with Crippen molar-refractivity contribution in [2.75, 3.05) is 13.1 Å². The maximum Gasteiger partial charge on any atom is 0.258 e. The minimum Gasteiger partial charge on any atom is -0.387 e. The highest BCUT2D eigenvalue weighted by Gasteiger charge is 2.23. The molecule has 206 valence electrons. The molecule has 0 atom stereocenters. The number of hydrogen-bond acceptors (Lipinski definition) is 5. The number of amidine groups is 1. The molecule has 0 aliphatic carbocycles. The molecule has 1 amide bonds. The van der Waals surface area contributed by atoms with Gasteiger partial charge in [0.25, 0.3) is 5.56 Å². The van der Waals surface area contributed by atoms with Gasteiger partial charge in [-0.1, -0.05) is 19.9 Å². The number of amides is 1. The van der Waals surface area contributed by atoms with E-state index in [1.165, 1.54) is 6.07 Å². The molecule has 8 nitrogen and oxygen atoms in total. The maximum absolute atomic E-state index is 15.6. The lowest BCUT2D eigenvalue weighted by Crippen LogP contribution is -2.34. The number of aryl methyl sites for hydroxylation is 1. The summed E-state index contributed by atoms with van der Waals surface area (Å²) >= 11 is 0. The Bertz CT molecular complexity index is 1710. The molecule has 0 unspecified atom stereocenters. The number of carbonyl (C=O) groups excluding carboxylic acids is 1. The fourth-order valence-electron chi connectivity index (χ4n) is 5.11. The first kappa shape index (κ1) is 27.1. The summed E-state index contributed by atoms with van der Waals surface area (Å²) in [4.78, 5) is 37.0. The van der Waals surface area contributed by atoms with E-state index in [1.807, 2.05) is 43.8 Å². The first-order valence-electron chi connectivity index (χ1n) is 13.5. The summed E-state index contributed by atoms with van der Waals surface area (Å²) in [6.45, 7) is 5.67. The predicted octanol–water partition coefficient (Wildman–Crippen LogP) is 5.01. The van der Waals surface area contributed by atoms with Crippen molar-refractivity contribution in [3.8, 4) is 11.1 Å². The molecule has 2 N–H and O–H groups in total. The van der Waals surface area contributed by atoms with Crippen molar-refractivity contribution in [2.45, 2.75) is 39.7 Å². The molecule has 1 aliphatic rings. The minimum absolute atomic E-state index is 0.125. The molecule has 5 rings (SSSR count). The summed E-state index contributed by atoms with van der Waals surface area (Å²) < 4.78 is 19.1. The van der Waals surface area contributed by atoms with E-state index >= 15 is 4.39 Å². The second kappa shape index (κ2) is 11.3. The third-order valence-corrected chi connectivity index (χ3v) is 7.15. The summed E-state index contributed by atoms with van der Waals surface area (Å²) in [6.07, 6.45) is 8.70. The smallest absolute Gasteiger partial charge is 0.258 e. The van der Waals surface area contributed by atoms with Gasteiger partial charge in [0, 0.05) is 61.7 Å². The molecular weight excluding hydrogens is 507 g/mol. The van der Waals surface area contributed by atoms with Crippen LogP contribution in [-0.2, 0) is 18.4 Å². The molecule has 0 saturated carbocycles. The van der Waals surface area contributed by atoms with Crippen LogP contribution in [0.1, 0.15) is 44.5 Å². The van der Waals surface area contributed by atoms with Gasteiger partial charge in [-0.3, -0.25) is 9.59 Å². The number of carbonyl (C=O) groups is 1. The van der Waals surface area contributed by atoms with Crippen molar-refractivity contribution in [1.29, 1.82) is 0 Å². The van der Waals surface area contributed by atoms with Crippen molar-refractivity contribution >= 4 is 34.3 Å². The monoisotopic (exact) mass is 540 g/mol. The van der Waals surface area contributed by atoms with Crippen LogP contribution in [0.5, 0.6) is 0 Å². The summed E-state index contributed by atoms with van der Waals surface area (Å²) in [5, 5.41) is 1.31. The van der Waals surface area contributed by atoms with Gasteiger partial charge in [-0.2, -0.15) is 0 Å². The molecule has 9 heteroatoms. The Labute approximate surface area is 232 Å². The van der Waals surface area contributed by atoms with E-state index in [0.29, 0.717) is 41.8 Å². The number of imidazole rings is 1. The van der Waals surface area contributed by atoms with Crippen molar-refractivity contribution in [3.05, 3.63) is 88.1 Å². The number of benzene rings is 2.